The number of benzene rings is 1. The Kier molecular flexibility index (Phi) is 3.97. The van der Waals surface area contributed by atoms with Gasteiger partial charge < -0.3 is 4.90 Å². The summed E-state index contributed by atoms with van der Waals surface area (Å²) in [6, 6.07) is 6.36. The molecule has 2 rings (SSSR count). The van der Waals surface area contributed by atoms with E-state index in [1.807, 2.05) is 6.07 Å². The smallest absolute Gasteiger partial charge is 0.302 e. The van der Waals surface area contributed by atoms with Crippen molar-refractivity contribution in [3.63, 3.8) is 0 Å². The average Bonchev–Trinajstić information content (AvgIpc) is 2.66. The highest BCUT2D eigenvalue weighted by Gasteiger charge is 2.33. The van der Waals surface area contributed by atoms with Gasteiger partial charge >= 0.3 is 10.2 Å². The van der Waals surface area contributed by atoms with E-state index in [2.05, 4.69) is 0 Å². The maximum atomic E-state index is 12.7. The van der Waals surface area contributed by atoms with Crippen LogP contribution in [0.5, 0.6) is 0 Å². The number of amides is 1. The first-order valence-electron chi connectivity index (χ1n) is 5.72. The Labute approximate surface area is 120 Å². The molecule has 1 amide bonds. The number of carbonyl (C=O) groups is 1. The van der Waals surface area contributed by atoms with E-state index in [9.17, 15) is 17.1 Å². The minimum Gasteiger partial charge on any atom is -0.312 e. The summed E-state index contributed by atoms with van der Waals surface area (Å²) >= 11 is 5.85. The van der Waals surface area contributed by atoms with Crippen molar-refractivity contribution in [1.29, 1.82) is 5.26 Å². The zero-order valence-corrected chi connectivity index (χ0v) is 11.8. The average molecular weight is 317 g/mol. The second kappa shape index (κ2) is 5.38. The van der Waals surface area contributed by atoms with Crippen molar-refractivity contribution in [3.05, 3.63) is 28.8 Å². The molecule has 0 N–H and O–H groups in total. The van der Waals surface area contributed by atoms with E-state index in [1.165, 1.54) is 23.1 Å². The van der Waals surface area contributed by atoms with Crippen molar-refractivity contribution < 1.29 is 17.1 Å². The van der Waals surface area contributed by atoms with Crippen LogP contribution in [0.4, 0.5) is 9.57 Å². The van der Waals surface area contributed by atoms with Gasteiger partial charge in [0.1, 0.15) is 0 Å². The molecule has 1 aromatic rings. The van der Waals surface area contributed by atoms with Crippen LogP contribution in [0.1, 0.15) is 12.0 Å². The quantitative estimate of drug-likeness (QED) is 0.797. The van der Waals surface area contributed by atoms with Gasteiger partial charge in [0.2, 0.25) is 5.91 Å². The first kappa shape index (κ1) is 14.8. The molecule has 1 aromatic carbocycles. The highest BCUT2D eigenvalue weighted by molar-refractivity contribution is 7.86. The summed E-state index contributed by atoms with van der Waals surface area (Å²) in [4.78, 5) is 13.2. The van der Waals surface area contributed by atoms with Gasteiger partial charge in [-0.2, -0.15) is 13.7 Å². The monoisotopic (exact) mass is 316 g/mol. The molecule has 0 radical (unpaired) electrons. The molecule has 0 bridgehead atoms. The second-order valence-corrected chi connectivity index (χ2v) is 6.44. The van der Waals surface area contributed by atoms with E-state index >= 15 is 0 Å². The normalized spacial score (nSPS) is 19.1. The first-order chi connectivity index (χ1) is 9.28. The Balaban J connectivity index is 2.24. The number of nitrogens with zero attached hydrogens (tertiary/aromatic N) is 2. The summed E-state index contributed by atoms with van der Waals surface area (Å²) in [5.41, 5.74) is 0.708. The van der Waals surface area contributed by atoms with Gasteiger partial charge in [-0.3, -0.25) is 4.79 Å². The molecule has 1 saturated heterocycles. The van der Waals surface area contributed by atoms with Gasteiger partial charge in [-0.25, -0.2) is 0 Å². The van der Waals surface area contributed by atoms with Crippen molar-refractivity contribution in [2.75, 3.05) is 17.2 Å². The summed E-state index contributed by atoms with van der Waals surface area (Å²) in [5, 5.41) is 9.16. The lowest BCUT2D eigenvalue weighted by molar-refractivity contribution is -0.117. The predicted octanol–water partition coefficient (Wildman–Crippen LogP) is 1.86. The Hall–Kier alpha value is -1.65. The van der Waals surface area contributed by atoms with E-state index in [0.29, 0.717) is 16.3 Å². The number of rotatable bonds is 3. The Bertz CT molecular complexity index is 699. The van der Waals surface area contributed by atoms with Crippen molar-refractivity contribution >= 4 is 33.4 Å². The number of carbonyl (C=O) groups excluding carboxylic acids is 1. The third-order valence-electron chi connectivity index (χ3n) is 2.96. The van der Waals surface area contributed by atoms with Crippen LogP contribution in [-0.4, -0.2) is 26.6 Å². The lowest BCUT2D eigenvalue weighted by atomic mass is 10.1. The van der Waals surface area contributed by atoms with E-state index in [-0.39, 0.29) is 18.9 Å². The van der Waals surface area contributed by atoms with Gasteiger partial charge in [0, 0.05) is 29.6 Å². The van der Waals surface area contributed by atoms with E-state index in [0.717, 1.165) is 0 Å². The SMILES string of the molecule is N#Cc1cc(Cl)cc(N2CC(CS(=O)(=O)F)CC2=O)c1. The van der Waals surface area contributed by atoms with Gasteiger partial charge in [0.05, 0.1) is 17.4 Å². The molecule has 1 heterocycles. The molecule has 1 aliphatic heterocycles. The summed E-state index contributed by atoms with van der Waals surface area (Å²) in [6.07, 6.45) is -0.0441. The zero-order valence-electron chi connectivity index (χ0n) is 10.2. The number of hydrogen-bond acceptors (Lipinski definition) is 4. The van der Waals surface area contributed by atoms with E-state index in [4.69, 9.17) is 16.9 Å². The molecule has 1 unspecified atom stereocenters. The highest BCUT2D eigenvalue weighted by Crippen LogP contribution is 2.29. The van der Waals surface area contributed by atoms with Gasteiger partial charge in [0.15, 0.2) is 0 Å². The third-order valence-corrected chi connectivity index (χ3v) is 4.05. The molecule has 8 heteroatoms. The van der Waals surface area contributed by atoms with Crippen LogP contribution in [-0.2, 0) is 15.0 Å². The van der Waals surface area contributed by atoms with Gasteiger partial charge in [-0.05, 0) is 18.2 Å². The summed E-state index contributed by atoms with van der Waals surface area (Å²) < 4.78 is 33.9. The van der Waals surface area contributed by atoms with Crippen LogP contribution >= 0.6 is 11.6 Å². The number of nitriles is 1. The van der Waals surface area contributed by atoms with Crippen molar-refractivity contribution in [1.82, 2.24) is 0 Å². The van der Waals surface area contributed by atoms with Crippen molar-refractivity contribution in [2.24, 2.45) is 5.92 Å². The molecule has 0 spiro atoms. The van der Waals surface area contributed by atoms with Gasteiger partial charge in [0.25, 0.3) is 0 Å². The largest absolute Gasteiger partial charge is 0.312 e. The fourth-order valence-electron chi connectivity index (χ4n) is 2.22. The molecule has 1 fully saturated rings. The second-order valence-electron chi connectivity index (χ2n) is 4.59. The van der Waals surface area contributed by atoms with Crippen LogP contribution < -0.4 is 4.90 Å². The van der Waals surface area contributed by atoms with Crippen LogP contribution in [0.2, 0.25) is 5.02 Å². The first-order valence-corrected chi connectivity index (χ1v) is 7.65. The Morgan fingerprint density at radius 3 is 2.75 bits per heavy atom. The highest BCUT2D eigenvalue weighted by atomic mass is 35.5. The standard InChI is InChI=1S/C12H10ClFN2O3S/c13-10-1-8(5-15)2-11(4-10)16-6-9(3-12(16)17)7-20(14,18)19/h1-2,4,9H,3,6-7H2. The van der Waals surface area contributed by atoms with Crippen LogP contribution in [0.3, 0.4) is 0 Å². The summed E-state index contributed by atoms with van der Waals surface area (Å²) in [6.45, 7) is 0.0905. The minimum absolute atomic E-state index is 0.0441. The zero-order chi connectivity index (χ0) is 14.9. The van der Waals surface area contributed by atoms with Gasteiger partial charge in [-0.15, -0.1) is 3.89 Å². The van der Waals surface area contributed by atoms with Gasteiger partial charge in [-0.1, -0.05) is 11.6 Å². The molecule has 0 aromatic heterocycles. The maximum absolute atomic E-state index is 12.7. The number of hydrogen-bond donors (Lipinski definition) is 0. The summed E-state index contributed by atoms with van der Waals surface area (Å²) in [5.74, 6) is -1.59. The van der Waals surface area contributed by atoms with Crippen LogP contribution in [0.25, 0.3) is 0 Å². The molecule has 0 aliphatic carbocycles. The Morgan fingerprint density at radius 1 is 1.45 bits per heavy atom. The predicted molar refractivity (Wildman–Crippen MR) is 71.5 cm³/mol. The molecule has 106 valence electrons. The Morgan fingerprint density at radius 2 is 2.15 bits per heavy atom. The fraction of sp³-hybridized carbons (Fsp3) is 0.333. The number of anilines is 1. The fourth-order valence-corrected chi connectivity index (χ4v) is 3.23. The van der Waals surface area contributed by atoms with Crippen LogP contribution in [0, 0.1) is 17.2 Å². The van der Waals surface area contributed by atoms with E-state index in [1.54, 1.807) is 0 Å². The molecule has 1 atom stereocenters. The lowest BCUT2D eigenvalue weighted by Crippen LogP contribution is -2.25. The van der Waals surface area contributed by atoms with Crippen LogP contribution in [0.15, 0.2) is 18.2 Å². The molecular weight excluding hydrogens is 307 g/mol. The lowest BCUT2D eigenvalue weighted by Gasteiger charge is -2.17. The minimum atomic E-state index is -4.61. The third kappa shape index (κ3) is 3.46. The van der Waals surface area contributed by atoms with E-state index < -0.39 is 21.9 Å². The molecule has 0 saturated carbocycles. The molecular formula is C12H10ClFN2O3S. The molecule has 20 heavy (non-hydrogen) atoms. The van der Waals surface area contributed by atoms with Crippen molar-refractivity contribution in [2.45, 2.75) is 6.42 Å². The van der Waals surface area contributed by atoms with Crippen molar-refractivity contribution in [3.8, 4) is 6.07 Å². The molecule has 1 aliphatic rings. The topological polar surface area (TPSA) is 78.2 Å². The summed E-state index contributed by atoms with van der Waals surface area (Å²) in [7, 11) is -4.61. The maximum Gasteiger partial charge on any atom is 0.302 e. The molecule has 5 nitrogen and oxygen atoms in total. The number of halogens is 2.